The Morgan fingerprint density at radius 3 is 2.50 bits per heavy atom. The fraction of sp³-hybridized carbons (Fsp3) is 0.333. The van der Waals surface area contributed by atoms with Crippen LogP contribution in [0.15, 0.2) is 11.0 Å². The van der Waals surface area contributed by atoms with Crippen molar-refractivity contribution < 1.29 is 0 Å². The zero-order valence-electron chi connectivity index (χ0n) is 5.84. The zero-order valence-corrected chi connectivity index (χ0v) is 6.66. The summed E-state index contributed by atoms with van der Waals surface area (Å²) in [4.78, 5) is 10.7. The summed E-state index contributed by atoms with van der Waals surface area (Å²) in [6, 6.07) is 0. The number of hydrogen-bond acceptors (Lipinski definition) is 2. The van der Waals surface area contributed by atoms with Crippen molar-refractivity contribution >= 4 is 12.4 Å². The SMILES string of the molecule is Cc1cn[nH]c(=O)c1C.Cl. The van der Waals surface area contributed by atoms with Gasteiger partial charge in [-0.15, -0.1) is 12.4 Å². The van der Waals surface area contributed by atoms with Crippen LogP contribution in [0.4, 0.5) is 0 Å². The predicted octanol–water partition coefficient (Wildman–Crippen LogP) is 0.809. The molecule has 0 atom stereocenters. The highest BCUT2D eigenvalue weighted by atomic mass is 35.5. The van der Waals surface area contributed by atoms with Gasteiger partial charge < -0.3 is 0 Å². The van der Waals surface area contributed by atoms with Crippen LogP contribution in [0.2, 0.25) is 0 Å². The molecule has 1 rings (SSSR count). The van der Waals surface area contributed by atoms with Gasteiger partial charge in [0.25, 0.3) is 5.56 Å². The number of aryl methyl sites for hydroxylation is 1. The molecular weight excluding hydrogens is 152 g/mol. The van der Waals surface area contributed by atoms with Gasteiger partial charge in [0.1, 0.15) is 0 Å². The molecule has 0 aromatic carbocycles. The summed E-state index contributed by atoms with van der Waals surface area (Å²) in [7, 11) is 0. The molecular formula is C6H9ClN2O. The van der Waals surface area contributed by atoms with E-state index in [-0.39, 0.29) is 18.0 Å². The second-order valence-electron chi connectivity index (χ2n) is 2.01. The van der Waals surface area contributed by atoms with E-state index in [4.69, 9.17) is 0 Å². The Bertz CT molecular complexity index is 269. The van der Waals surface area contributed by atoms with E-state index in [9.17, 15) is 4.79 Å². The maximum absolute atomic E-state index is 10.7. The van der Waals surface area contributed by atoms with Crippen LogP contribution in [-0.4, -0.2) is 10.2 Å². The molecule has 1 heterocycles. The van der Waals surface area contributed by atoms with E-state index >= 15 is 0 Å². The largest absolute Gasteiger partial charge is 0.268 e. The van der Waals surface area contributed by atoms with Crippen molar-refractivity contribution in [1.82, 2.24) is 10.2 Å². The summed E-state index contributed by atoms with van der Waals surface area (Å²) in [6.45, 7) is 3.63. The fourth-order valence-corrected chi connectivity index (χ4v) is 0.547. The van der Waals surface area contributed by atoms with E-state index in [0.717, 1.165) is 11.1 Å². The maximum atomic E-state index is 10.7. The van der Waals surface area contributed by atoms with E-state index in [1.807, 2.05) is 6.92 Å². The van der Waals surface area contributed by atoms with E-state index in [1.54, 1.807) is 13.1 Å². The molecule has 0 amide bonds. The molecule has 1 N–H and O–H groups in total. The van der Waals surface area contributed by atoms with Crippen molar-refractivity contribution in [2.75, 3.05) is 0 Å². The first-order valence-corrected chi connectivity index (χ1v) is 2.72. The number of hydrogen-bond donors (Lipinski definition) is 1. The number of nitrogens with one attached hydrogen (secondary N) is 1. The molecule has 0 aliphatic carbocycles. The first-order chi connectivity index (χ1) is 4.22. The van der Waals surface area contributed by atoms with Gasteiger partial charge in [0.2, 0.25) is 0 Å². The standard InChI is InChI=1S/C6H8N2O.ClH/c1-4-3-7-8-6(9)5(4)2;/h3H,1-2H3,(H,8,9);1H. The van der Waals surface area contributed by atoms with E-state index in [2.05, 4.69) is 10.2 Å². The highest BCUT2D eigenvalue weighted by Crippen LogP contribution is 1.93. The van der Waals surface area contributed by atoms with Crippen LogP contribution in [0, 0.1) is 13.8 Å². The van der Waals surface area contributed by atoms with Gasteiger partial charge in [-0.05, 0) is 19.4 Å². The number of halogens is 1. The summed E-state index contributed by atoms with van der Waals surface area (Å²) in [5.41, 5.74) is 1.57. The Balaban J connectivity index is 0.000000810. The highest BCUT2D eigenvalue weighted by molar-refractivity contribution is 5.85. The van der Waals surface area contributed by atoms with Gasteiger partial charge in [-0.1, -0.05) is 0 Å². The lowest BCUT2D eigenvalue weighted by Gasteiger charge is -1.92. The Kier molecular flexibility index (Phi) is 3.09. The number of nitrogens with zero attached hydrogens (tertiary/aromatic N) is 1. The van der Waals surface area contributed by atoms with Gasteiger partial charge >= 0.3 is 0 Å². The summed E-state index contributed by atoms with van der Waals surface area (Å²) in [5.74, 6) is 0. The first kappa shape index (κ1) is 9.17. The van der Waals surface area contributed by atoms with Crippen LogP contribution in [0.3, 0.4) is 0 Å². The van der Waals surface area contributed by atoms with Crippen LogP contribution in [0.25, 0.3) is 0 Å². The molecule has 0 bridgehead atoms. The monoisotopic (exact) mass is 160 g/mol. The molecule has 3 nitrogen and oxygen atoms in total. The van der Waals surface area contributed by atoms with Gasteiger partial charge in [0.05, 0.1) is 6.20 Å². The van der Waals surface area contributed by atoms with Crippen LogP contribution < -0.4 is 5.56 Å². The number of aromatic nitrogens is 2. The molecule has 1 aromatic heterocycles. The molecule has 0 saturated carbocycles. The summed E-state index contributed by atoms with van der Waals surface area (Å²) >= 11 is 0. The Hall–Kier alpha value is -0.830. The third kappa shape index (κ3) is 1.57. The second kappa shape index (κ2) is 3.37. The van der Waals surface area contributed by atoms with Gasteiger partial charge in [-0.25, -0.2) is 5.10 Å². The van der Waals surface area contributed by atoms with Crippen LogP contribution >= 0.6 is 12.4 Å². The average Bonchev–Trinajstić information content (AvgIpc) is 1.83. The van der Waals surface area contributed by atoms with Gasteiger partial charge in [-0.2, -0.15) is 5.10 Å². The third-order valence-corrected chi connectivity index (χ3v) is 1.36. The number of rotatable bonds is 0. The number of aromatic amines is 1. The Morgan fingerprint density at radius 1 is 1.50 bits per heavy atom. The quantitative estimate of drug-likeness (QED) is 0.611. The van der Waals surface area contributed by atoms with Crippen LogP contribution in [0.1, 0.15) is 11.1 Å². The minimum Gasteiger partial charge on any atom is -0.268 e. The predicted molar refractivity (Wildman–Crippen MR) is 41.6 cm³/mol. The van der Waals surface area contributed by atoms with Crippen molar-refractivity contribution in [2.24, 2.45) is 0 Å². The number of H-pyrrole nitrogens is 1. The molecule has 0 saturated heterocycles. The van der Waals surface area contributed by atoms with Crippen molar-refractivity contribution in [3.05, 3.63) is 27.7 Å². The highest BCUT2D eigenvalue weighted by Gasteiger charge is 1.93. The Morgan fingerprint density at radius 2 is 2.10 bits per heavy atom. The minimum atomic E-state index is -0.102. The maximum Gasteiger partial charge on any atom is 0.267 e. The normalized spacial score (nSPS) is 8.60. The third-order valence-electron chi connectivity index (χ3n) is 1.36. The Labute approximate surface area is 64.9 Å². The summed E-state index contributed by atoms with van der Waals surface area (Å²) in [5, 5.41) is 5.94. The second-order valence-corrected chi connectivity index (χ2v) is 2.01. The fourth-order valence-electron chi connectivity index (χ4n) is 0.547. The molecule has 10 heavy (non-hydrogen) atoms. The van der Waals surface area contributed by atoms with Crippen molar-refractivity contribution in [3.8, 4) is 0 Å². The van der Waals surface area contributed by atoms with Crippen molar-refractivity contribution in [2.45, 2.75) is 13.8 Å². The minimum absolute atomic E-state index is 0. The molecule has 1 aromatic rings. The molecule has 0 spiro atoms. The summed E-state index contributed by atoms with van der Waals surface area (Å²) < 4.78 is 0. The smallest absolute Gasteiger partial charge is 0.267 e. The molecule has 0 fully saturated rings. The van der Waals surface area contributed by atoms with Gasteiger partial charge in [0, 0.05) is 5.56 Å². The van der Waals surface area contributed by atoms with Crippen LogP contribution in [0.5, 0.6) is 0 Å². The zero-order chi connectivity index (χ0) is 6.85. The summed E-state index contributed by atoms with van der Waals surface area (Å²) in [6.07, 6.45) is 1.64. The molecule has 56 valence electrons. The first-order valence-electron chi connectivity index (χ1n) is 2.72. The molecule has 4 heteroatoms. The van der Waals surface area contributed by atoms with Gasteiger partial charge in [0.15, 0.2) is 0 Å². The lowest BCUT2D eigenvalue weighted by molar-refractivity contribution is 0.951. The lowest BCUT2D eigenvalue weighted by Crippen LogP contribution is -2.11. The topological polar surface area (TPSA) is 45.8 Å². The van der Waals surface area contributed by atoms with E-state index in [0.29, 0.717) is 0 Å². The van der Waals surface area contributed by atoms with Crippen LogP contribution in [-0.2, 0) is 0 Å². The average molecular weight is 161 g/mol. The van der Waals surface area contributed by atoms with Crippen molar-refractivity contribution in [1.29, 1.82) is 0 Å². The molecule has 0 unspecified atom stereocenters. The van der Waals surface area contributed by atoms with E-state index in [1.165, 1.54) is 0 Å². The molecule has 0 aliphatic rings. The lowest BCUT2D eigenvalue weighted by atomic mass is 10.2. The molecule has 0 radical (unpaired) electrons. The van der Waals surface area contributed by atoms with Crippen molar-refractivity contribution in [3.63, 3.8) is 0 Å². The van der Waals surface area contributed by atoms with E-state index < -0.39 is 0 Å². The molecule has 0 aliphatic heterocycles. The van der Waals surface area contributed by atoms with Gasteiger partial charge in [-0.3, -0.25) is 4.79 Å².